The summed E-state index contributed by atoms with van der Waals surface area (Å²) in [4.78, 5) is 12.9. The maximum absolute atomic E-state index is 10.6. The predicted molar refractivity (Wildman–Crippen MR) is 118 cm³/mol. The average molecular weight is 461 g/mol. The first-order chi connectivity index (χ1) is 14.0. The molecule has 2 heterocycles. The minimum Gasteiger partial charge on any atom is -0.411 e. The SMILES string of the molecule is C#C.CN=C(Nc1ncc(Br)c(-c2ccccc2)n1)OC[N+]1(O)CCC(C)CC1. The van der Waals surface area contributed by atoms with Crippen LogP contribution in [0.5, 0.6) is 0 Å². The van der Waals surface area contributed by atoms with Gasteiger partial charge in [0.15, 0.2) is 0 Å². The van der Waals surface area contributed by atoms with Crippen molar-refractivity contribution in [3.05, 3.63) is 41.0 Å². The number of ether oxygens (including phenoxy) is 1. The lowest BCUT2D eigenvalue weighted by Gasteiger charge is -2.35. The molecule has 1 aromatic heterocycles. The standard InChI is InChI=1S/C19H25BrN5O2.C2H2/c1-14-8-10-25(26,11-9-14)13-27-19(21-2)24-18-22-12-16(20)17(23-18)15-6-4-3-5-7-15;1-2/h3-7,12,14,26H,8-11,13H2,1-2H3,(H,21,22,23,24);1-2H/q+1;. The Morgan fingerprint density at radius 2 is 1.97 bits per heavy atom. The molecule has 0 aliphatic carbocycles. The number of terminal acetylenes is 1. The summed E-state index contributed by atoms with van der Waals surface area (Å²) in [5.74, 6) is 1.03. The van der Waals surface area contributed by atoms with Crippen LogP contribution in [0.4, 0.5) is 5.95 Å². The van der Waals surface area contributed by atoms with Gasteiger partial charge in [-0.15, -0.1) is 12.8 Å². The maximum Gasteiger partial charge on any atom is 0.295 e. The molecular weight excluding hydrogens is 434 g/mol. The van der Waals surface area contributed by atoms with E-state index in [1.54, 1.807) is 13.2 Å². The highest BCUT2D eigenvalue weighted by atomic mass is 79.9. The number of halogens is 1. The predicted octanol–water partition coefficient (Wildman–Crippen LogP) is 4.16. The van der Waals surface area contributed by atoms with Gasteiger partial charge in [0.25, 0.3) is 12.8 Å². The second kappa shape index (κ2) is 10.9. The molecule has 0 spiro atoms. The number of nitrogens with one attached hydrogen (secondary N) is 1. The van der Waals surface area contributed by atoms with E-state index in [-0.39, 0.29) is 17.4 Å². The van der Waals surface area contributed by atoms with Gasteiger partial charge in [0.1, 0.15) is 13.1 Å². The smallest absolute Gasteiger partial charge is 0.295 e. The molecular formula is C21H27BrN5O2+. The van der Waals surface area contributed by atoms with Crippen molar-refractivity contribution in [1.82, 2.24) is 9.97 Å². The van der Waals surface area contributed by atoms with Gasteiger partial charge in [-0.2, -0.15) is 4.65 Å². The molecule has 0 amide bonds. The largest absolute Gasteiger partial charge is 0.411 e. The molecule has 29 heavy (non-hydrogen) atoms. The summed E-state index contributed by atoms with van der Waals surface area (Å²) in [5.41, 5.74) is 1.76. The van der Waals surface area contributed by atoms with Crippen molar-refractivity contribution < 1.29 is 14.6 Å². The first kappa shape index (κ1) is 22.8. The number of amidine groups is 1. The third kappa shape index (κ3) is 6.53. The number of aromatic nitrogens is 2. The van der Waals surface area contributed by atoms with Crippen LogP contribution in [0, 0.1) is 18.8 Å². The number of hydroxylamine groups is 3. The van der Waals surface area contributed by atoms with Gasteiger partial charge in [-0.1, -0.05) is 37.3 Å². The van der Waals surface area contributed by atoms with E-state index < -0.39 is 0 Å². The molecule has 0 bridgehead atoms. The molecule has 7 nitrogen and oxygen atoms in total. The van der Waals surface area contributed by atoms with Gasteiger partial charge < -0.3 is 4.74 Å². The van der Waals surface area contributed by atoms with Crippen LogP contribution in [-0.2, 0) is 4.74 Å². The number of benzene rings is 1. The van der Waals surface area contributed by atoms with Gasteiger partial charge in [-0.25, -0.2) is 20.2 Å². The zero-order chi connectivity index (χ0) is 21.3. The van der Waals surface area contributed by atoms with Crippen LogP contribution in [0.15, 0.2) is 46.0 Å². The normalized spacial score (nSPS) is 21.6. The third-order valence-electron chi connectivity index (χ3n) is 4.73. The number of rotatable bonds is 4. The van der Waals surface area contributed by atoms with Crippen LogP contribution >= 0.6 is 15.9 Å². The fraction of sp³-hybridized carbons (Fsp3) is 0.381. The lowest BCUT2D eigenvalue weighted by atomic mass is 9.99. The molecule has 1 saturated heterocycles. The Balaban J connectivity index is 0.00000145. The van der Waals surface area contributed by atoms with Gasteiger partial charge in [-0.3, -0.25) is 5.32 Å². The molecule has 8 heteroatoms. The lowest BCUT2D eigenvalue weighted by molar-refractivity contribution is -1.12. The van der Waals surface area contributed by atoms with Gasteiger partial charge >= 0.3 is 0 Å². The highest BCUT2D eigenvalue weighted by molar-refractivity contribution is 9.10. The van der Waals surface area contributed by atoms with E-state index in [1.807, 2.05) is 30.3 Å². The van der Waals surface area contributed by atoms with Crippen molar-refractivity contribution in [1.29, 1.82) is 0 Å². The summed E-state index contributed by atoms with van der Waals surface area (Å²) in [6.45, 7) is 3.73. The number of anilines is 1. The summed E-state index contributed by atoms with van der Waals surface area (Å²) in [6.07, 6.45) is 11.7. The Bertz CT molecular complexity index is 833. The summed E-state index contributed by atoms with van der Waals surface area (Å²) in [7, 11) is 1.62. The van der Waals surface area contributed by atoms with Gasteiger partial charge in [-0.05, 0) is 21.8 Å². The maximum atomic E-state index is 10.6. The van der Waals surface area contributed by atoms with Crippen LogP contribution in [0.3, 0.4) is 0 Å². The number of hydrogen-bond acceptors (Lipinski definition) is 5. The molecule has 3 rings (SSSR count). The summed E-state index contributed by atoms with van der Waals surface area (Å²) in [6, 6.07) is 10.1. The van der Waals surface area contributed by atoms with E-state index in [1.165, 1.54) is 0 Å². The molecule has 154 valence electrons. The number of likely N-dealkylation sites (tertiary alicyclic amines) is 1. The minimum absolute atomic E-state index is 0.0957. The van der Waals surface area contributed by atoms with Crippen molar-refractivity contribution in [3.63, 3.8) is 0 Å². The second-order valence-corrected chi connectivity index (χ2v) is 7.76. The Kier molecular flexibility index (Phi) is 8.58. The van der Waals surface area contributed by atoms with E-state index in [2.05, 4.69) is 56.0 Å². The van der Waals surface area contributed by atoms with E-state index >= 15 is 0 Å². The molecule has 0 radical (unpaired) electrons. The average Bonchev–Trinajstić information content (AvgIpc) is 2.76. The first-order valence-electron chi connectivity index (χ1n) is 9.36. The quantitative estimate of drug-likeness (QED) is 0.309. The number of hydrogen-bond donors (Lipinski definition) is 2. The Morgan fingerprint density at radius 1 is 1.31 bits per heavy atom. The molecule has 1 fully saturated rings. The van der Waals surface area contributed by atoms with Crippen LogP contribution in [0.2, 0.25) is 0 Å². The van der Waals surface area contributed by atoms with Crippen LogP contribution in [0.1, 0.15) is 19.8 Å². The Morgan fingerprint density at radius 3 is 2.59 bits per heavy atom. The monoisotopic (exact) mass is 460 g/mol. The minimum atomic E-state index is -0.0957. The van der Waals surface area contributed by atoms with E-state index in [4.69, 9.17) is 4.74 Å². The number of quaternary nitrogens is 1. The van der Waals surface area contributed by atoms with E-state index in [0.717, 1.165) is 28.6 Å². The molecule has 2 N–H and O–H groups in total. The summed E-state index contributed by atoms with van der Waals surface area (Å²) in [5, 5.41) is 13.6. The molecule has 1 aliphatic rings. The van der Waals surface area contributed by atoms with Gasteiger partial charge in [0, 0.05) is 31.6 Å². The Labute approximate surface area is 180 Å². The van der Waals surface area contributed by atoms with Crippen molar-refractivity contribution in [2.45, 2.75) is 19.8 Å². The van der Waals surface area contributed by atoms with E-state index in [0.29, 0.717) is 25.0 Å². The molecule has 0 atom stereocenters. The van der Waals surface area contributed by atoms with Crippen LogP contribution in [0.25, 0.3) is 11.3 Å². The van der Waals surface area contributed by atoms with Crippen LogP contribution < -0.4 is 5.32 Å². The summed E-state index contributed by atoms with van der Waals surface area (Å²) >= 11 is 3.50. The van der Waals surface area contributed by atoms with Crippen molar-refractivity contribution in [2.75, 3.05) is 32.2 Å². The van der Waals surface area contributed by atoms with Crippen LogP contribution in [-0.4, -0.2) is 52.7 Å². The summed E-state index contributed by atoms with van der Waals surface area (Å²) < 4.78 is 6.43. The highest BCUT2D eigenvalue weighted by Gasteiger charge is 2.32. The van der Waals surface area contributed by atoms with Crippen molar-refractivity contribution in [3.8, 4) is 24.1 Å². The number of aliphatic imine (C=N–C) groups is 1. The molecule has 0 unspecified atom stereocenters. The fourth-order valence-electron chi connectivity index (χ4n) is 2.97. The van der Waals surface area contributed by atoms with Crippen molar-refractivity contribution in [2.24, 2.45) is 10.9 Å². The third-order valence-corrected chi connectivity index (χ3v) is 5.31. The van der Waals surface area contributed by atoms with Gasteiger partial charge in [0.05, 0.1) is 10.2 Å². The van der Waals surface area contributed by atoms with Crippen molar-refractivity contribution >= 4 is 27.9 Å². The zero-order valence-corrected chi connectivity index (χ0v) is 18.3. The second-order valence-electron chi connectivity index (χ2n) is 6.91. The van der Waals surface area contributed by atoms with Gasteiger partial charge in [0.2, 0.25) is 5.95 Å². The number of piperidine rings is 1. The lowest BCUT2D eigenvalue weighted by Crippen LogP contribution is -2.52. The van der Waals surface area contributed by atoms with E-state index in [9.17, 15) is 5.21 Å². The Hall–Kier alpha value is -2.47. The first-order valence-corrected chi connectivity index (χ1v) is 10.1. The fourth-order valence-corrected chi connectivity index (χ4v) is 3.39. The zero-order valence-electron chi connectivity index (χ0n) is 16.8. The topological polar surface area (TPSA) is 79.6 Å². The molecule has 1 aliphatic heterocycles. The number of nitrogens with zero attached hydrogens (tertiary/aromatic N) is 4. The molecule has 0 saturated carbocycles. The molecule has 1 aromatic carbocycles. The molecule has 2 aromatic rings. The highest BCUT2D eigenvalue weighted by Crippen LogP contribution is 2.26.